The summed E-state index contributed by atoms with van der Waals surface area (Å²) < 4.78 is 0. The molecule has 2 nitrogen and oxygen atoms in total. The standard InChI is InChI=1S/C23H23NO/c1-18-10-9-15-20(17-16-19-11-5-3-6-12-19)22(18)24(2)23(25)21-13-7-4-8-14-21/h3-15H,16-17H2,1-2H3. The van der Waals surface area contributed by atoms with Crippen LogP contribution in [0, 0.1) is 6.92 Å². The van der Waals surface area contributed by atoms with E-state index < -0.39 is 0 Å². The predicted octanol–water partition coefficient (Wildman–Crippen LogP) is 5.06. The number of para-hydroxylation sites is 1. The molecule has 0 fully saturated rings. The van der Waals surface area contributed by atoms with Crippen LogP contribution in [0.5, 0.6) is 0 Å². The highest BCUT2D eigenvalue weighted by Crippen LogP contribution is 2.27. The minimum Gasteiger partial charge on any atom is -0.311 e. The Morgan fingerprint density at radius 3 is 2.12 bits per heavy atom. The number of rotatable bonds is 5. The van der Waals surface area contributed by atoms with E-state index in [2.05, 4.69) is 49.4 Å². The summed E-state index contributed by atoms with van der Waals surface area (Å²) in [5, 5.41) is 0. The minimum atomic E-state index is 0.0239. The fourth-order valence-corrected chi connectivity index (χ4v) is 3.20. The Bertz CT molecular complexity index is 840. The summed E-state index contributed by atoms with van der Waals surface area (Å²) in [7, 11) is 1.86. The van der Waals surface area contributed by atoms with Gasteiger partial charge in [0.2, 0.25) is 0 Å². The summed E-state index contributed by atoms with van der Waals surface area (Å²) in [6, 6.07) is 26.2. The molecular formula is C23H23NO. The van der Waals surface area contributed by atoms with Crippen LogP contribution in [0.1, 0.15) is 27.0 Å². The average molecular weight is 329 g/mol. The van der Waals surface area contributed by atoms with Crippen molar-refractivity contribution in [3.8, 4) is 0 Å². The molecule has 1 amide bonds. The van der Waals surface area contributed by atoms with Crippen LogP contribution in [0.2, 0.25) is 0 Å². The zero-order valence-electron chi connectivity index (χ0n) is 14.8. The van der Waals surface area contributed by atoms with Crippen LogP contribution >= 0.6 is 0 Å². The highest BCUT2D eigenvalue weighted by molar-refractivity contribution is 6.06. The van der Waals surface area contributed by atoms with Crippen LogP contribution in [-0.2, 0) is 12.8 Å². The molecule has 3 aromatic carbocycles. The van der Waals surface area contributed by atoms with Crippen LogP contribution < -0.4 is 4.90 Å². The number of carbonyl (C=O) groups is 1. The van der Waals surface area contributed by atoms with E-state index in [0.29, 0.717) is 5.56 Å². The summed E-state index contributed by atoms with van der Waals surface area (Å²) in [4.78, 5) is 14.6. The van der Waals surface area contributed by atoms with Crippen LogP contribution in [0.4, 0.5) is 5.69 Å². The Kier molecular flexibility index (Phi) is 5.30. The van der Waals surface area contributed by atoms with Crippen LogP contribution in [0.25, 0.3) is 0 Å². The Balaban J connectivity index is 1.86. The van der Waals surface area contributed by atoms with Crippen LogP contribution in [0.3, 0.4) is 0 Å². The summed E-state index contributed by atoms with van der Waals surface area (Å²) in [6.07, 6.45) is 1.87. The number of nitrogens with zero attached hydrogens (tertiary/aromatic N) is 1. The van der Waals surface area contributed by atoms with Crippen molar-refractivity contribution in [1.29, 1.82) is 0 Å². The summed E-state index contributed by atoms with van der Waals surface area (Å²) in [5.41, 5.74) is 5.37. The Hall–Kier alpha value is -2.87. The second-order valence-electron chi connectivity index (χ2n) is 6.30. The first-order valence-corrected chi connectivity index (χ1v) is 8.62. The van der Waals surface area contributed by atoms with E-state index in [1.165, 1.54) is 11.1 Å². The predicted molar refractivity (Wildman–Crippen MR) is 104 cm³/mol. The second kappa shape index (κ2) is 7.80. The highest BCUT2D eigenvalue weighted by atomic mass is 16.2. The first-order chi connectivity index (χ1) is 12.2. The van der Waals surface area contributed by atoms with Crippen molar-refractivity contribution in [2.45, 2.75) is 19.8 Å². The fraction of sp³-hybridized carbons (Fsp3) is 0.174. The molecule has 0 unspecified atom stereocenters. The number of carbonyl (C=O) groups excluding carboxylic acids is 1. The molecule has 0 radical (unpaired) electrons. The molecule has 0 saturated carbocycles. The van der Waals surface area contributed by atoms with E-state index in [1.54, 1.807) is 4.90 Å². The molecule has 0 bridgehead atoms. The lowest BCUT2D eigenvalue weighted by molar-refractivity contribution is 0.0992. The van der Waals surface area contributed by atoms with Gasteiger partial charge in [0.1, 0.15) is 0 Å². The van der Waals surface area contributed by atoms with Gasteiger partial charge < -0.3 is 4.90 Å². The van der Waals surface area contributed by atoms with E-state index in [4.69, 9.17) is 0 Å². The molecule has 0 aliphatic rings. The molecule has 25 heavy (non-hydrogen) atoms. The van der Waals surface area contributed by atoms with Crippen molar-refractivity contribution < 1.29 is 4.79 Å². The Labute approximate surface area is 149 Å². The zero-order valence-corrected chi connectivity index (χ0v) is 14.8. The zero-order chi connectivity index (χ0) is 17.6. The van der Waals surface area contributed by atoms with Gasteiger partial charge in [-0.15, -0.1) is 0 Å². The third-order valence-corrected chi connectivity index (χ3v) is 4.51. The van der Waals surface area contributed by atoms with Crippen LogP contribution in [0.15, 0.2) is 78.9 Å². The third kappa shape index (κ3) is 3.97. The van der Waals surface area contributed by atoms with Gasteiger partial charge in [0.05, 0.1) is 0 Å². The van der Waals surface area contributed by atoms with Gasteiger partial charge in [-0.2, -0.15) is 0 Å². The van der Waals surface area contributed by atoms with Gasteiger partial charge in [0.15, 0.2) is 0 Å². The van der Waals surface area contributed by atoms with Gasteiger partial charge in [-0.05, 0) is 48.6 Å². The largest absolute Gasteiger partial charge is 0.311 e. The van der Waals surface area contributed by atoms with E-state index in [0.717, 1.165) is 24.1 Å². The molecule has 3 rings (SSSR count). The molecule has 3 aromatic rings. The monoisotopic (exact) mass is 329 g/mol. The van der Waals surface area contributed by atoms with Crippen molar-refractivity contribution in [1.82, 2.24) is 0 Å². The molecule has 0 heterocycles. The number of anilines is 1. The maximum atomic E-state index is 12.8. The van der Waals surface area contributed by atoms with Gasteiger partial charge in [-0.25, -0.2) is 0 Å². The number of hydrogen-bond acceptors (Lipinski definition) is 1. The molecule has 0 aliphatic heterocycles. The van der Waals surface area contributed by atoms with Gasteiger partial charge in [0.25, 0.3) is 5.91 Å². The smallest absolute Gasteiger partial charge is 0.258 e. The Morgan fingerprint density at radius 2 is 1.44 bits per heavy atom. The summed E-state index contributed by atoms with van der Waals surface area (Å²) in [6.45, 7) is 2.07. The van der Waals surface area contributed by atoms with E-state index in [9.17, 15) is 4.79 Å². The molecule has 0 aromatic heterocycles. The quantitative estimate of drug-likeness (QED) is 0.641. The van der Waals surface area contributed by atoms with Crippen molar-refractivity contribution in [2.75, 3.05) is 11.9 Å². The van der Waals surface area contributed by atoms with Crippen molar-refractivity contribution in [3.63, 3.8) is 0 Å². The van der Waals surface area contributed by atoms with Gasteiger partial charge in [-0.3, -0.25) is 4.79 Å². The molecule has 0 atom stereocenters. The van der Waals surface area contributed by atoms with Crippen molar-refractivity contribution in [2.24, 2.45) is 0 Å². The lowest BCUT2D eigenvalue weighted by Gasteiger charge is -2.23. The lowest BCUT2D eigenvalue weighted by atomic mass is 9.99. The Morgan fingerprint density at radius 1 is 0.800 bits per heavy atom. The normalized spacial score (nSPS) is 10.5. The number of amides is 1. The maximum absolute atomic E-state index is 12.8. The van der Waals surface area contributed by atoms with E-state index in [-0.39, 0.29) is 5.91 Å². The molecule has 126 valence electrons. The third-order valence-electron chi connectivity index (χ3n) is 4.51. The number of benzene rings is 3. The molecule has 0 N–H and O–H groups in total. The first-order valence-electron chi connectivity index (χ1n) is 8.62. The molecule has 0 saturated heterocycles. The maximum Gasteiger partial charge on any atom is 0.258 e. The van der Waals surface area contributed by atoms with E-state index >= 15 is 0 Å². The SMILES string of the molecule is Cc1cccc(CCc2ccccc2)c1N(C)C(=O)c1ccccc1. The molecule has 0 spiro atoms. The number of hydrogen-bond donors (Lipinski definition) is 0. The van der Waals surface area contributed by atoms with Gasteiger partial charge in [0, 0.05) is 18.3 Å². The highest BCUT2D eigenvalue weighted by Gasteiger charge is 2.18. The van der Waals surface area contributed by atoms with E-state index in [1.807, 2.05) is 43.4 Å². The second-order valence-corrected chi connectivity index (χ2v) is 6.30. The van der Waals surface area contributed by atoms with Crippen molar-refractivity contribution in [3.05, 3.63) is 101 Å². The summed E-state index contributed by atoms with van der Waals surface area (Å²) in [5.74, 6) is 0.0239. The summed E-state index contributed by atoms with van der Waals surface area (Å²) >= 11 is 0. The van der Waals surface area contributed by atoms with Gasteiger partial charge in [-0.1, -0.05) is 66.7 Å². The van der Waals surface area contributed by atoms with Crippen molar-refractivity contribution >= 4 is 11.6 Å². The molecule has 0 aliphatic carbocycles. The van der Waals surface area contributed by atoms with Crippen LogP contribution in [-0.4, -0.2) is 13.0 Å². The molecular weight excluding hydrogens is 306 g/mol. The lowest BCUT2D eigenvalue weighted by Crippen LogP contribution is -2.28. The molecule has 2 heteroatoms. The average Bonchev–Trinajstić information content (AvgIpc) is 2.67. The fourth-order valence-electron chi connectivity index (χ4n) is 3.20. The topological polar surface area (TPSA) is 20.3 Å². The first kappa shape index (κ1) is 17.0. The number of aryl methyl sites for hydroxylation is 3. The minimum absolute atomic E-state index is 0.0239. The van der Waals surface area contributed by atoms with Gasteiger partial charge >= 0.3 is 0 Å².